The van der Waals surface area contributed by atoms with E-state index in [9.17, 15) is 38.4 Å². The second kappa shape index (κ2) is 110. The Morgan fingerprint density at radius 3 is 0.353 bits per heavy atom. The minimum absolute atomic E-state index is 0.341. The molecule has 102 heavy (non-hydrogen) atoms. The van der Waals surface area contributed by atoms with E-state index in [0.717, 1.165) is 129 Å². The SMILES string of the molecule is C1COCCN1.CCCCCCCCCC(=O)O.CCCCCCCCCC(=O)O.CCCCCCCCCC(=O)O.CCCCCCCCCC(=O)O.CCCCCCCCCC(=O)O.CCCCCCCCCC(=O)O.CCCCCCCCCC(=O)O.CCCCCCCCCC(=O)O. The molecule has 0 radical (unpaired) electrons. The van der Waals surface area contributed by atoms with Gasteiger partial charge in [-0.2, -0.15) is 0 Å². The second-order valence-electron chi connectivity index (χ2n) is 27.5. The molecule has 0 amide bonds. The summed E-state index contributed by atoms with van der Waals surface area (Å²) in [5, 5.41) is 70.0. The summed E-state index contributed by atoms with van der Waals surface area (Å²) in [6.07, 6.45) is 69.1. The zero-order chi connectivity index (χ0) is 78.1. The van der Waals surface area contributed by atoms with Gasteiger partial charge < -0.3 is 50.9 Å². The van der Waals surface area contributed by atoms with Crippen LogP contribution in [0.1, 0.15) is 466 Å². The van der Waals surface area contributed by atoms with Crippen LogP contribution in [0.5, 0.6) is 0 Å². The summed E-state index contributed by atoms with van der Waals surface area (Å²) in [7, 11) is 0. The van der Waals surface area contributed by atoms with Gasteiger partial charge in [0.15, 0.2) is 0 Å². The predicted molar refractivity (Wildman–Crippen MR) is 426 cm³/mol. The third-order valence-electron chi connectivity index (χ3n) is 16.8. The summed E-state index contributed by atoms with van der Waals surface area (Å²) >= 11 is 0. The second-order valence-corrected chi connectivity index (χ2v) is 27.5. The molecule has 0 aromatic carbocycles. The molecule has 9 N–H and O–H groups in total. The predicted octanol–water partition coefficient (Wildman–Crippen LogP) is 25.3. The monoisotopic (exact) mass is 1460 g/mol. The van der Waals surface area contributed by atoms with E-state index in [1.165, 1.54) is 257 Å². The lowest BCUT2D eigenvalue weighted by Gasteiger charge is -2.10. The lowest BCUT2D eigenvalue weighted by Crippen LogP contribution is -2.30. The molecule has 0 spiro atoms. The Hall–Kier alpha value is -4.32. The van der Waals surface area contributed by atoms with Crippen LogP contribution in [-0.2, 0) is 43.1 Å². The fourth-order valence-electron chi connectivity index (χ4n) is 10.4. The van der Waals surface area contributed by atoms with Crippen molar-refractivity contribution in [2.24, 2.45) is 0 Å². The van der Waals surface area contributed by atoms with Gasteiger partial charge >= 0.3 is 47.8 Å². The molecule has 1 rings (SSSR count). The summed E-state index contributed by atoms with van der Waals surface area (Å²) in [5.41, 5.74) is 0. The zero-order valence-electron chi connectivity index (χ0n) is 67.8. The molecule has 0 saturated carbocycles. The Morgan fingerprint density at radius 1 is 0.186 bits per heavy atom. The summed E-state index contributed by atoms with van der Waals surface area (Å²) in [4.78, 5) is 81.1. The number of carbonyl (C=O) groups is 8. The highest BCUT2D eigenvalue weighted by molar-refractivity contribution is 5.68. The number of ether oxygens (including phenoxy) is 1. The fourth-order valence-corrected chi connectivity index (χ4v) is 10.4. The van der Waals surface area contributed by atoms with Crippen LogP contribution < -0.4 is 5.32 Å². The third-order valence-corrected chi connectivity index (χ3v) is 16.8. The van der Waals surface area contributed by atoms with Crippen molar-refractivity contribution in [1.29, 1.82) is 0 Å². The Balaban J connectivity index is -0.000000163. The summed E-state index contributed by atoms with van der Waals surface area (Å²) in [5.74, 6) is -5.31. The summed E-state index contributed by atoms with van der Waals surface area (Å²) < 4.78 is 5.01. The van der Waals surface area contributed by atoms with Crippen LogP contribution in [0.3, 0.4) is 0 Å². The maximum atomic E-state index is 10.1. The Bertz CT molecular complexity index is 1310. The first-order valence-corrected chi connectivity index (χ1v) is 42.2. The minimum atomic E-state index is -0.663. The van der Waals surface area contributed by atoms with Crippen molar-refractivity contribution in [1.82, 2.24) is 5.32 Å². The zero-order valence-corrected chi connectivity index (χ0v) is 67.8. The van der Waals surface area contributed by atoms with Crippen molar-refractivity contribution in [3.8, 4) is 0 Å². The van der Waals surface area contributed by atoms with E-state index < -0.39 is 47.8 Å². The average Bonchev–Trinajstić information content (AvgIpc) is 3.76. The van der Waals surface area contributed by atoms with E-state index in [2.05, 4.69) is 60.7 Å². The molecule has 18 heteroatoms. The van der Waals surface area contributed by atoms with Crippen LogP contribution in [-0.4, -0.2) is 115 Å². The van der Waals surface area contributed by atoms with Crippen molar-refractivity contribution < 1.29 is 83.9 Å². The molecular formula is C84H169NO17. The molecule has 18 nitrogen and oxygen atoms in total. The number of carboxylic acid groups (broad SMARTS) is 8. The van der Waals surface area contributed by atoms with Crippen molar-refractivity contribution >= 4 is 47.8 Å². The van der Waals surface area contributed by atoms with Gasteiger partial charge in [0.1, 0.15) is 0 Å². The number of hydrogen-bond donors (Lipinski definition) is 9. The first-order chi connectivity index (χ1) is 49.2. The van der Waals surface area contributed by atoms with Gasteiger partial charge in [0.05, 0.1) is 13.2 Å². The smallest absolute Gasteiger partial charge is 0.303 e. The van der Waals surface area contributed by atoms with Gasteiger partial charge in [0.2, 0.25) is 0 Å². The van der Waals surface area contributed by atoms with Crippen LogP contribution in [0.2, 0.25) is 0 Å². The van der Waals surface area contributed by atoms with E-state index in [1.54, 1.807) is 0 Å². The van der Waals surface area contributed by atoms with Crippen LogP contribution in [0.25, 0.3) is 0 Å². The molecule has 0 atom stereocenters. The van der Waals surface area contributed by atoms with Gasteiger partial charge in [0.25, 0.3) is 0 Å². The number of aliphatic carboxylic acids is 8. The molecule has 0 aromatic rings. The molecule has 0 bridgehead atoms. The maximum absolute atomic E-state index is 10.1. The number of carboxylic acids is 8. The van der Waals surface area contributed by atoms with Crippen LogP contribution in [0, 0.1) is 0 Å². The topological polar surface area (TPSA) is 320 Å². The van der Waals surface area contributed by atoms with E-state index in [4.69, 9.17) is 45.6 Å². The number of morpholine rings is 1. The molecule has 1 heterocycles. The van der Waals surface area contributed by atoms with Crippen LogP contribution in [0.4, 0.5) is 0 Å². The Morgan fingerprint density at radius 2 is 0.284 bits per heavy atom. The largest absolute Gasteiger partial charge is 0.481 e. The van der Waals surface area contributed by atoms with E-state index >= 15 is 0 Å². The number of nitrogens with one attached hydrogen (secondary N) is 1. The standard InChI is InChI=1S/8C10H20O2.C4H9NO/c8*1-2-3-4-5-6-7-8-9-10(11)12;1-3-6-4-2-5-1/h8*2-9H2,1H3,(H,11,12);5H,1-4H2. The van der Waals surface area contributed by atoms with Crippen LogP contribution in [0.15, 0.2) is 0 Å². The first-order valence-electron chi connectivity index (χ1n) is 42.2. The first kappa shape index (κ1) is 114. The molecule has 612 valence electrons. The van der Waals surface area contributed by atoms with Gasteiger partial charge in [-0.1, -0.05) is 364 Å². The lowest BCUT2D eigenvalue weighted by atomic mass is 10.1. The molecule has 1 fully saturated rings. The highest BCUT2D eigenvalue weighted by Gasteiger charge is 2.03. The molecule has 0 aliphatic carbocycles. The van der Waals surface area contributed by atoms with Crippen molar-refractivity contribution in [2.75, 3.05) is 26.3 Å². The van der Waals surface area contributed by atoms with Gasteiger partial charge in [-0.3, -0.25) is 38.4 Å². The Labute approximate surface area is 626 Å². The normalized spacial score (nSPS) is 10.9. The van der Waals surface area contributed by atoms with Gasteiger partial charge in [-0.25, -0.2) is 0 Å². The molecule has 1 aliphatic heterocycles. The highest BCUT2D eigenvalue weighted by Crippen LogP contribution is 2.14. The molecular weight excluding hydrogens is 1290 g/mol. The molecule has 1 aliphatic rings. The number of rotatable bonds is 64. The maximum Gasteiger partial charge on any atom is 0.303 e. The average molecular weight is 1470 g/mol. The van der Waals surface area contributed by atoms with E-state index in [-0.39, 0.29) is 0 Å². The van der Waals surface area contributed by atoms with Gasteiger partial charge in [0, 0.05) is 64.5 Å². The quantitative estimate of drug-likeness (QED) is 0.0256. The number of unbranched alkanes of at least 4 members (excludes halogenated alkanes) is 48. The Kier molecular flexibility index (Phi) is 122. The lowest BCUT2D eigenvalue weighted by molar-refractivity contribution is -0.138. The number of hydrogen-bond acceptors (Lipinski definition) is 10. The summed E-state index contributed by atoms with van der Waals surface area (Å²) in [6.45, 7) is 21.4. The molecule has 0 aromatic heterocycles. The summed E-state index contributed by atoms with van der Waals surface area (Å²) in [6, 6.07) is 0. The van der Waals surface area contributed by atoms with Crippen molar-refractivity contribution in [3.05, 3.63) is 0 Å². The van der Waals surface area contributed by atoms with Gasteiger partial charge in [-0.15, -0.1) is 0 Å². The van der Waals surface area contributed by atoms with Crippen LogP contribution >= 0.6 is 0 Å². The van der Waals surface area contributed by atoms with E-state index in [0.29, 0.717) is 51.4 Å². The van der Waals surface area contributed by atoms with Crippen molar-refractivity contribution in [2.45, 2.75) is 466 Å². The van der Waals surface area contributed by atoms with Gasteiger partial charge in [-0.05, 0) is 51.4 Å². The molecule has 0 unspecified atom stereocenters. The highest BCUT2D eigenvalue weighted by atomic mass is 16.5. The molecule has 1 saturated heterocycles. The van der Waals surface area contributed by atoms with Crippen molar-refractivity contribution in [3.63, 3.8) is 0 Å². The fraction of sp³-hybridized carbons (Fsp3) is 0.905. The van der Waals surface area contributed by atoms with E-state index in [1.807, 2.05) is 0 Å². The third kappa shape index (κ3) is 158. The minimum Gasteiger partial charge on any atom is -0.481 e.